The molecule has 1 amide bonds. The Hall–Kier alpha value is -2.64. The third-order valence-corrected chi connectivity index (χ3v) is 5.98. The van der Waals surface area contributed by atoms with Crippen LogP contribution in [0.3, 0.4) is 0 Å². The van der Waals surface area contributed by atoms with Crippen LogP contribution in [0.1, 0.15) is 17.5 Å². The number of carbonyl (C=O) groups is 1. The Morgan fingerprint density at radius 1 is 0.964 bits per heavy atom. The Labute approximate surface area is 165 Å². The second kappa shape index (κ2) is 9.52. The van der Waals surface area contributed by atoms with E-state index in [9.17, 15) is 13.2 Å². The predicted octanol–water partition coefficient (Wildman–Crippen LogP) is 2.38. The van der Waals surface area contributed by atoms with Crippen molar-refractivity contribution in [2.24, 2.45) is 0 Å². The van der Waals surface area contributed by atoms with Crippen LogP contribution in [0.2, 0.25) is 0 Å². The van der Waals surface area contributed by atoms with Gasteiger partial charge < -0.3 is 10.3 Å². The minimum absolute atomic E-state index is 0.00448. The van der Waals surface area contributed by atoms with E-state index in [-0.39, 0.29) is 18.2 Å². The summed E-state index contributed by atoms with van der Waals surface area (Å²) < 4.78 is 26.4. The minimum Gasteiger partial charge on any atom is -0.361 e. The van der Waals surface area contributed by atoms with E-state index in [1.54, 1.807) is 0 Å². The number of rotatable bonds is 10. The van der Waals surface area contributed by atoms with Gasteiger partial charge in [-0.25, -0.2) is 13.1 Å². The molecule has 1 heterocycles. The molecule has 0 spiro atoms. The van der Waals surface area contributed by atoms with Gasteiger partial charge in [0.1, 0.15) is 0 Å². The van der Waals surface area contributed by atoms with Gasteiger partial charge >= 0.3 is 0 Å². The molecule has 28 heavy (non-hydrogen) atoms. The molecule has 1 aromatic heterocycles. The molecule has 3 rings (SSSR count). The summed E-state index contributed by atoms with van der Waals surface area (Å²) in [6.45, 7) is 0.220. The summed E-state index contributed by atoms with van der Waals surface area (Å²) in [5.74, 6) is -0.323. The summed E-state index contributed by atoms with van der Waals surface area (Å²) in [6.07, 6.45) is 3.83. The second-order valence-electron chi connectivity index (χ2n) is 6.69. The fraction of sp³-hybridized carbons (Fsp3) is 0.286. The average Bonchev–Trinajstić information content (AvgIpc) is 3.11. The van der Waals surface area contributed by atoms with Crippen molar-refractivity contribution in [3.05, 3.63) is 71.9 Å². The summed E-state index contributed by atoms with van der Waals surface area (Å²) in [4.78, 5) is 15.1. The number of para-hydroxylation sites is 1. The highest BCUT2D eigenvalue weighted by Gasteiger charge is 2.12. The molecule has 7 heteroatoms. The first-order chi connectivity index (χ1) is 13.5. The van der Waals surface area contributed by atoms with Crippen LogP contribution in [0.15, 0.2) is 60.8 Å². The summed E-state index contributed by atoms with van der Waals surface area (Å²) in [5, 5.41) is 3.90. The Kier molecular flexibility index (Phi) is 6.84. The van der Waals surface area contributed by atoms with Crippen LogP contribution in [0.4, 0.5) is 0 Å². The lowest BCUT2D eigenvalue weighted by molar-refractivity contribution is -0.119. The highest BCUT2D eigenvalue weighted by Crippen LogP contribution is 2.17. The molecule has 148 valence electrons. The first-order valence-corrected chi connectivity index (χ1v) is 11.0. The molecule has 3 N–H and O–H groups in total. The van der Waals surface area contributed by atoms with Crippen molar-refractivity contribution < 1.29 is 13.2 Å². The number of aromatic nitrogens is 1. The number of H-pyrrole nitrogens is 1. The Balaban J connectivity index is 1.36. The number of aryl methyl sites for hydroxylation is 1. The smallest absolute Gasteiger partial charge is 0.235 e. The van der Waals surface area contributed by atoms with Crippen LogP contribution < -0.4 is 10.0 Å². The van der Waals surface area contributed by atoms with E-state index in [4.69, 9.17) is 0 Å². The summed E-state index contributed by atoms with van der Waals surface area (Å²) >= 11 is 0. The third-order valence-electron chi connectivity index (χ3n) is 4.57. The molecule has 0 radical (unpaired) electrons. The highest BCUT2D eigenvalue weighted by molar-refractivity contribution is 7.89. The van der Waals surface area contributed by atoms with Crippen molar-refractivity contribution >= 4 is 26.8 Å². The van der Waals surface area contributed by atoms with E-state index in [1.165, 1.54) is 0 Å². The van der Waals surface area contributed by atoms with Gasteiger partial charge in [-0.05, 0) is 36.5 Å². The first-order valence-electron chi connectivity index (χ1n) is 9.36. The lowest BCUT2D eigenvalue weighted by Gasteiger charge is -2.08. The lowest BCUT2D eigenvalue weighted by Crippen LogP contribution is -2.38. The van der Waals surface area contributed by atoms with Crippen LogP contribution in [-0.2, 0) is 27.7 Å². The number of benzene rings is 2. The molecular weight excluding hydrogens is 374 g/mol. The van der Waals surface area contributed by atoms with Crippen molar-refractivity contribution in [3.8, 4) is 0 Å². The second-order valence-corrected chi connectivity index (χ2v) is 8.62. The summed E-state index contributed by atoms with van der Waals surface area (Å²) in [6, 6.07) is 17.7. The quantitative estimate of drug-likeness (QED) is 0.489. The van der Waals surface area contributed by atoms with Gasteiger partial charge in [0.05, 0.1) is 12.3 Å². The van der Waals surface area contributed by atoms with Crippen molar-refractivity contribution in [2.45, 2.75) is 19.3 Å². The van der Waals surface area contributed by atoms with Crippen LogP contribution in [-0.4, -0.2) is 38.2 Å². The number of amides is 1. The van der Waals surface area contributed by atoms with Crippen molar-refractivity contribution in [2.75, 3.05) is 18.8 Å². The molecule has 6 nitrogen and oxygen atoms in total. The van der Waals surface area contributed by atoms with Crippen LogP contribution in [0, 0.1) is 0 Å². The molecule has 0 saturated carbocycles. The third kappa shape index (κ3) is 5.94. The number of carbonyl (C=O) groups excluding carboxylic acids is 1. The Bertz CT molecular complexity index is 1010. The SMILES string of the molecule is O=C(CNS(=O)(=O)CCCc1ccccc1)NCCc1c[nH]c2ccccc12. The van der Waals surface area contributed by atoms with Gasteiger partial charge in [-0.3, -0.25) is 4.79 Å². The maximum absolute atomic E-state index is 12.0. The lowest BCUT2D eigenvalue weighted by atomic mass is 10.1. The van der Waals surface area contributed by atoms with Gasteiger partial charge in [0.25, 0.3) is 0 Å². The normalized spacial score (nSPS) is 11.6. The fourth-order valence-corrected chi connectivity index (χ4v) is 4.12. The van der Waals surface area contributed by atoms with Gasteiger partial charge in [0.2, 0.25) is 15.9 Å². The predicted molar refractivity (Wildman–Crippen MR) is 112 cm³/mol. The fourth-order valence-electron chi connectivity index (χ4n) is 3.10. The molecule has 0 bridgehead atoms. The van der Waals surface area contributed by atoms with Gasteiger partial charge in [-0.15, -0.1) is 0 Å². The van der Waals surface area contributed by atoms with E-state index >= 15 is 0 Å². The number of fused-ring (bicyclic) bond motifs is 1. The molecule has 0 aliphatic heterocycles. The topological polar surface area (TPSA) is 91.1 Å². The van der Waals surface area contributed by atoms with Gasteiger partial charge in [-0.1, -0.05) is 48.5 Å². The zero-order valence-corrected chi connectivity index (χ0v) is 16.5. The van der Waals surface area contributed by atoms with Gasteiger partial charge in [-0.2, -0.15) is 0 Å². The molecule has 0 fully saturated rings. The van der Waals surface area contributed by atoms with Gasteiger partial charge in [0, 0.05) is 23.6 Å². The molecular formula is C21H25N3O3S. The zero-order valence-electron chi connectivity index (χ0n) is 15.6. The van der Waals surface area contributed by atoms with E-state index in [2.05, 4.69) is 15.0 Å². The van der Waals surface area contributed by atoms with Crippen molar-refractivity contribution in [3.63, 3.8) is 0 Å². The zero-order chi connectivity index (χ0) is 19.8. The number of hydrogen-bond acceptors (Lipinski definition) is 3. The van der Waals surface area contributed by atoms with Crippen LogP contribution >= 0.6 is 0 Å². The van der Waals surface area contributed by atoms with Crippen LogP contribution in [0.25, 0.3) is 10.9 Å². The maximum Gasteiger partial charge on any atom is 0.235 e. The maximum atomic E-state index is 12.0. The van der Waals surface area contributed by atoms with Crippen molar-refractivity contribution in [1.29, 1.82) is 0 Å². The van der Waals surface area contributed by atoms with E-state index < -0.39 is 10.0 Å². The molecule has 2 aromatic carbocycles. The van der Waals surface area contributed by atoms with E-state index in [1.807, 2.05) is 60.8 Å². The standard InChI is InChI=1S/C21H25N3O3S/c25-21(22-13-12-18-15-23-20-11-5-4-10-19(18)20)16-24-28(26,27)14-6-9-17-7-2-1-3-8-17/h1-5,7-8,10-11,15,23-24H,6,9,12-14,16H2,(H,22,25). The first kappa shape index (κ1) is 20.1. The van der Waals surface area contributed by atoms with Crippen LogP contribution in [0.5, 0.6) is 0 Å². The molecule has 0 aliphatic carbocycles. The van der Waals surface area contributed by atoms with Gasteiger partial charge in [0.15, 0.2) is 0 Å². The molecule has 0 unspecified atom stereocenters. The number of sulfonamides is 1. The number of aromatic amines is 1. The minimum atomic E-state index is -3.46. The number of nitrogens with one attached hydrogen (secondary N) is 3. The summed E-state index contributed by atoms with van der Waals surface area (Å²) in [7, 11) is -3.46. The highest BCUT2D eigenvalue weighted by atomic mass is 32.2. The van der Waals surface area contributed by atoms with Crippen molar-refractivity contribution in [1.82, 2.24) is 15.0 Å². The molecule has 0 saturated heterocycles. The Morgan fingerprint density at radius 3 is 2.54 bits per heavy atom. The largest absolute Gasteiger partial charge is 0.361 e. The number of hydrogen-bond donors (Lipinski definition) is 3. The van der Waals surface area contributed by atoms with E-state index in [0.29, 0.717) is 25.8 Å². The molecule has 0 atom stereocenters. The monoisotopic (exact) mass is 399 g/mol. The Morgan fingerprint density at radius 2 is 1.71 bits per heavy atom. The molecule has 0 aliphatic rings. The summed E-state index contributed by atoms with van der Waals surface area (Å²) in [5.41, 5.74) is 3.29. The van der Waals surface area contributed by atoms with E-state index in [0.717, 1.165) is 22.0 Å². The molecule has 3 aromatic rings. The average molecular weight is 400 g/mol.